The molecular weight excluding hydrogens is 328 g/mol. The molecule has 1 heterocycles. The van der Waals surface area contributed by atoms with Crippen LogP contribution in [-0.2, 0) is 0 Å². The normalized spacial score (nSPS) is 20.3. The predicted molar refractivity (Wildman–Crippen MR) is 101 cm³/mol. The number of nitrogens with two attached hydrogens (primary N) is 1. The average Bonchev–Trinajstić information content (AvgIpc) is 2.59. The van der Waals surface area contributed by atoms with E-state index in [9.17, 15) is 0 Å². The van der Waals surface area contributed by atoms with E-state index in [2.05, 4.69) is 11.8 Å². The monoisotopic (exact) mass is 358 g/mol. The van der Waals surface area contributed by atoms with Crippen LogP contribution in [0.4, 0.5) is 5.69 Å². The Hall–Kier alpha value is -1.33. The molecule has 1 aromatic rings. The largest absolute Gasteiger partial charge is 0.493 e. The van der Waals surface area contributed by atoms with E-state index < -0.39 is 0 Å². The minimum absolute atomic E-state index is 0. The lowest BCUT2D eigenvalue weighted by Crippen LogP contribution is -2.47. The summed E-state index contributed by atoms with van der Waals surface area (Å²) in [6, 6.07) is 4.35. The highest BCUT2D eigenvalue weighted by Gasteiger charge is 2.27. The van der Waals surface area contributed by atoms with Gasteiger partial charge in [0.15, 0.2) is 11.5 Å². The molecule has 2 rings (SSSR count). The molecule has 138 valence electrons. The second-order valence-electron chi connectivity index (χ2n) is 6.18. The molecule has 1 aromatic carbocycles. The number of anilines is 1. The van der Waals surface area contributed by atoms with Gasteiger partial charge in [0.25, 0.3) is 0 Å². The summed E-state index contributed by atoms with van der Waals surface area (Å²) in [4.78, 5) is 2.38. The van der Waals surface area contributed by atoms with Crippen molar-refractivity contribution in [3.8, 4) is 17.2 Å². The van der Waals surface area contributed by atoms with Crippen molar-refractivity contribution in [3.05, 3.63) is 12.1 Å². The predicted octanol–water partition coefficient (Wildman–Crippen LogP) is 3.48. The van der Waals surface area contributed by atoms with Crippen LogP contribution in [0.1, 0.15) is 32.6 Å². The van der Waals surface area contributed by atoms with Crippen molar-refractivity contribution < 1.29 is 14.2 Å². The summed E-state index contributed by atoms with van der Waals surface area (Å²) < 4.78 is 16.3. The van der Waals surface area contributed by atoms with Crippen LogP contribution >= 0.6 is 12.4 Å². The highest BCUT2D eigenvalue weighted by molar-refractivity contribution is 5.85. The first-order chi connectivity index (χ1) is 11.1. The van der Waals surface area contributed by atoms with Gasteiger partial charge in [0.1, 0.15) is 0 Å². The molecule has 24 heavy (non-hydrogen) atoms. The highest BCUT2D eigenvalue weighted by Crippen LogP contribution is 2.41. The molecule has 6 heteroatoms. The van der Waals surface area contributed by atoms with Crippen LogP contribution in [0.25, 0.3) is 0 Å². The summed E-state index contributed by atoms with van der Waals surface area (Å²) in [5.41, 5.74) is 7.43. The molecule has 1 aliphatic rings. The van der Waals surface area contributed by atoms with Crippen LogP contribution in [0.5, 0.6) is 17.2 Å². The lowest BCUT2D eigenvalue weighted by molar-refractivity contribution is 0.320. The molecule has 0 unspecified atom stereocenters. The van der Waals surface area contributed by atoms with Crippen molar-refractivity contribution in [2.24, 2.45) is 11.7 Å². The third kappa shape index (κ3) is 4.61. The third-order valence-corrected chi connectivity index (χ3v) is 4.74. The zero-order chi connectivity index (χ0) is 16.8. The fourth-order valence-electron chi connectivity index (χ4n) is 3.31. The Kier molecular flexibility index (Phi) is 8.50. The van der Waals surface area contributed by atoms with E-state index in [1.54, 1.807) is 21.3 Å². The van der Waals surface area contributed by atoms with Gasteiger partial charge in [0.2, 0.25) is 5.75 Å². The number of halogens is 1. The van der Waals surface area contributed by atoms with Crippen LogP contribution in [0, 0.1) is 5.92 Å². The molecule has 0 spiro atoms. The van der Waals surface area contributed by atoms with Gasteiger partial charge in [-0.25, -0.2) is 0 Å². The Balaban J connectivity index is 0.00000288. The van der Waals surface area contributed by atoms with Gasteiger partial charge < -0.3 is 24.8 Å². The summed E-state index contributed by atoms with van der Waals surface area (Å²) in [6.07, 6.45) is 4.67. The molecular formula is C18H31ClN2O3. The summed E-state index contributed by atoms with van der Waals surface area (Å²) in [7, 11) is 4.93. The van der Waals surface area contributed by atoms with E-state index in [0.717, 1.165) is 25.2 Å². The third-order valence-electron chi connectivity index (χ3n) is 4.74. The van der Waals surface area contributed by atoms with Crippen molar-refractivity contribution in [3.63, 3.8) is 0 Å². The van der Waals surface area contributed by atoms with Gasteiger partial charge in [-0.3, -0.25) is 0 Å². The van der Waals surface area contributed by atoms with E-state index in [4.69, 9.17) is 19.9 Å². The fourth-order valence-corrected chi connectivity index (χ4v) is 3.31. The molecule has 1 fully saturated rings. The highest BCUT2D eigenvalue weighted by atomic mass is 35.5. The summed E-state index contributed by atoms with van der Waals surface area (Å²) in [5, 5.41) is 0. The Morgan fingerprint density at radius 2 is 1.75 bits per heavy atom. The second-order valence-corrected chi connectivity index (χ2v) is 6.18. The standard InChI is InChI=1S/C18H30N2O3.ClH/c1-5-6-7-13-12-20(9-8-15(13)19)14-10-16(21-2)18(23-4)17(11-14)22-3;/h10-11,13,15H,5-9,12,19H2,1-4H3;1H/t13-,15+;/m0./s1. The maximum atomic E-state index is 6.32. The number of unbranched alkanes of at least 4 members (excludes halogenated alkanes) is 1. The van der Waals surface area contributed by atoms with Gasteiger partial charge in [-0.15, -0.1) is 12.4 Å². The second kappa shape index (κ2) is 9.84. The number of hydrogen-bond acceptors (Lipinski definition) is 5. The zero-order valence-electron chi connectivity index (χ0n) is 15.2. The van der Waals surface area contributed by atoms with Gasteiger partial charge >= 0.3 is 0 Å². The van der Waals surface area contributed by atoms with E-state index in [1.165, 1.54) is 19.3 Å². The Morgan fingerprint density at radius 3 is 2.25 bits per heavy atom. The number of benzene rings is 1. The van der Waals surface area contributed by atoms with E-state index in [1.807, 2.05) is 12.1 Å². The van der Waals surface area contributed by atoms with Crippen LogP contribution in [0.2, 0.25) is 0 Å². The lowest BCUT2D eigenvalue weighted by atomic mass is 9.88. The molecule has 2 N–H and O–H groups in total. The SMILES string of the molecule is CCCC[C@H]1CN(c2cc(OC)c(OC)c(OC)c2)CC[C@H]1N.Cl. The molecule has 1 aliphatic heterocycles. The van der Waals surface area contributed by atoms with Crippen molar-refractivity contribution in [2.45, 2.75) is 38.6 Å². The van der Waals surface area contributed by atoms with Crippen LogP contribution < -0.4 is 24.8 Å². The Bertz CT molecular complexity index is 488. The number of ether oxygens (including phenoxy) is 3. The minimum Gasteiger partial charge on any atom is -0.493 e. The van der Waals surface area contributed by atoms with Gasteiger partial charge in [-0.05, 0) is 18.8 Å². The number of methoxy groups -OCH3 is 3. The lowest BCUT2D eigenvalue weighted by Gasteiger charge is -2.38. The van der Waals surface area contributed by atoms with E-state index in [0.29, 0.717) is 29.2 Å². The summed E-state index contributed by atoms with van der Waals surface area (Å²) >= 11 is 0. The van der Waals surface area contributed by atoms with Crippen molar-refractivity contribution >= 4 is 18.1 Å². The van der Waals surface area contributed by atoms with Crippen molar-refractivity contribution in [2.75, 3.05) is 39.3 Å². The number of hydrogen-bond donors (Lipinski definition) is 1. The molecule has 0 aliphatic carbocycles. The van der Waals surface area contributed by atoms with E-state index >= 15 is 0 Å². The fraction of sp³-hybridized carbons (Fsp3) is 0.667. The summed E-state index contributed by atoms with van der Waals surface area (Å²) in [5.74, 6) is 2.57. The first kappa shape index (κ1) is 20.7. The van der Waals surface area contributed by atoms with Crippen molar-refractivity contribution in [1.29, 1.82) is 0 Å². The van der Waals surface area contributed by atoms with E-state index in [-0.39, 0.29) is 12.4 Å². The molecule has 0 radical (unpaired) electrons. The smallest absolute Gasteiger partial charge is 0.203 e. The topological polar surface area (TPSA) is 57.0 Å². The Morgan fingerprint density at radius 1 is 1.12 bits per heavy atom. The summed E-state index contributed by atoms with van der Waals surface area (Å²) in [6.45, 7) is 4.17. The minimum atomic E-state index is 0. The van der Waals surface area contributed by atoms with Gasteiger partial charge in [-0.2, -0.15) is 0 Å². The number of rotatable bonds is 7. The quantitative estimate of drug-likeness (QED) is 0.808. The first-order valence-electron chi connectivity index (χ1n) is 8.45. The molecule has 1 saturated heterocycles. The number of nitrogens with zero attached hydrogens (tertiary/aromatic N) is 1. The maximum Gasteiger partial charge on any atom is 0.203 e. The van der Waals surface area contributed by atoms with Gasteiger partial charge in [0, 0.05) is 37.0 Å². The maximum absolute atomic E-state index is 6.32. The van der Waals surface area contributed by atoms with Crippen LogP contribution in [0.15, 0.2) is 12.1 Å². The first-order valence-corrected chi connectivity index (χ1v) is 8.45. The number of piperidine rings is 1. The van der Waals surface area contributed by atoms with Crippen LogP contribution in [0.3, 0.4) is 0 Å². The molecule has 0 aromatic heterocycles. The molecule has 2 atom stereocenters. The van der Waals surface area contributed by atoms with Gasteiger partial charge in [0.05, 0.1) is 21.3 Å². The van der Waals surface area contributed by atoms with Crippen LogP contribution in [-0.4, -0.2) is 40.5 Å². The Labute approximate surface area is 151 Å². The molecule has 5 nitrogen and oxygen atoms in total. The van der Waals surface area contributed by atoms with Gasteiger partial charge in [-0.1, -0.05) is 19.8 Å². The molecule has 0 bridgehead atoms. The van der Waals surface area contributed by atoms with Crippen molar-refractivity contribution in [1.82, 2.24) is 0 Å². The zero-order valence-corrected chi connectivity index (χ0v) is 16.0. The molecule has 0 amide bonds. The molecule has 0 saturated carbocycles. The average molecular weight is 359 g/mol.